The van der Waals surface area contributed by atoms with E-state index >= 15 is 0 Å². The van der Waals surface area contributed by atoms with Gasteiger partial charge in [0.2, 0.25) is 0 Å². The predicted molar refractivity (Wildman–Crippen MR) is 154 cm³/mol. The number of rotatable bonds is 12. The Balaban J connectivity index is 1.22. The number of nitrogens with one attached hydrogen (secondary N) is 1. The van der Waals surface area contributed by atoms with Crippen LogP contribution in [0.4, 0.5) is 10.5 Å². The number of benzene rings is 2. The molecule has 1 aliphatic rings. The van der Waals surface area contributed by atoms with Gasteiger partial charge in [-0.25, -0.2) is 4.79 Å². The topological polar surface area (TPSA) is 85.3 Å². The third-order valence-electron chi connectivity index (χ3n) is 6.56. The lowest BCUT2D eigenvalue weighted by Crippen LogP contribution is -2.46. The van der Waals surface area contributed by atoms with Crippen molar-refractivity contribution in [3.05, 3.63) is 68.9 Å². The third kappa shape index (κ3) is 8.02. The van der Waals surface area contributed by atoms with Crippen molar-refractivity contribution in [3.8, 4) is 5.75 Å². The summed E-state index contributed by atoms with van der Waals surface area (Å²) in [7, 11) is 0. The van der Waals surface area contributed by atoms with Gasteiger partial charge in [-0.3, -0.25) is 14.3 Å². The minimum Gasteiger partial charge on any atom is -0.494 e. The molecule has 3 aromatic rings. The van der Waals surface area contributed by atoms with Crippen LogP contribution in [-0.2, 0) is 16.3 Å². The fourth-order valence-electron chi connectivity index (χ4n) is 4.43. The first-order chi connectivity index (χ1) is 19.0. The van der Waals surface area contributed by atoms with Crippen LogP contribution in [0.25, 0.3) is 10.9 Å². The summed E-state index contributed by atoms with van der Waals surface area (Å²) in [5.74, 6) is 0.654. The molecule has 1 fully saturated rings. The summed E-state index contributed by atoms with van der Waals surface area (Å²) < 4.78 is 12.4. The van der Waals surface area contributed by atoms with Crippen molar-refractivity contribution >= 4 is 45.9 Å². The quantitative estimate of drug-likeness (QED) is 0.176. The van der Waals surface area contributed by atoms with Crippen molar-refractivity contribution in [1.29, 1.82) is 0 Å². The van der Waals surface area contributed by atoms with E-state index in [1.807, 2.05) is 37.3 Å². The highest BCUT2D eigenvalue weighted by atomic mass is 35.5. The lowest BCUT2D eigenvalue weighted by Gasteiger charge is -2.36. The number of hydroxylamine groups is 1. The maximum absolute atomic E-state index is 12.5. The standard InChI is InChI=1S/C28H34Cl2N4O5/c1-2-12-31-39-28(36)38-20-34-25-19-22(10-8-21(25)9-11-26(34)35)37-18-4-3-13-32-14-16-33(17-15-32)24-7-5-6-23(29)27(24)30/h5-11,19,31H,2-4,12-18,20H2,1H3. The summed E-state index contributed by atoms with van der Waals surface area (Å²) >= 11 is 12.6. The normalized spacial score (nSPS) is 14.0. The molecule has 0 saturated carbocycles. The highest BCUT2D eigenvalue weighted by Gasteiger charge is 2.19. The number of pyridine rings is 1. The number of nitrogens with zero attached hydrogens (tertiary/aromatic N) is 3. The van der Waals surface area contributed by atoms with Crippen LogP contribution >= 0.6 is 23.2 Å². The van der Waals surface area contributed by atoms with Crippen LogP contribution in [0, 0.1) is 0 Å². The van der Waals surface area contributed by atoms with E-state index in [-0.39, 0.29) is 12.3 Å². The average Bonchev–Trinajstić information content (AvgIpc) is 2.94. The largest absolute Gasteiger partial charge is 0.529 e. The van der Waals surface area contributed by atoms with E-state index < -0.39 is 6.16 Å². The number of hydrogen-bond donors (Lipinski definition) is 1. The molecule has 1 saturated heterocycles. The number of anilines is 1. The lowest BCUT2D eigenvalue weighted by atomic mass is 10.2. The van der Waals surface area contributed by atoms with Gasteiger partial charge in [-0.2, -0.15) is 5.48 Å². The maximum Gasteiger partial charge on any atom is 0.529 e. The van der Waals surface area contributed by atoms with Crippen LogP contribution in [0.2, 0.25) is 10.0 Å². The van der Waals surface area contributed by atoms with Crippen molar-refractivity contribution in [2.75, 3.05) is 50.8 Å². The molecule has 1 N–H and O–H groups in total. The molecule has 0 amide bonds. The summed E-state index contributed by atoms with van der Waals surface area (Å²) in [6.07, 6.45) is 1.82. The number of ether oxygens (including phenoxy) is 2. The van der Waals surface area contributed by atoms with Gasteiger partial charge in [-0.1, -0.05) is 36.2 Å². The second kappa shape index (κ2) is 14.4. The van der Waals surface area contributed by atoms with Gasteiger partial charge in [0, 0.05) is 44.9 Å². The van der Waals surface area contributed by atoms with Gasteiger partial charge in [-0.15, -0.1) is 0 Å². The summed E-state index contributed by atoms with van der Waals surface area (Å²) in [4.78, 5) is 33.7. The second-order valence-electron chi connectivity index (χ2n) is 9.30. The zero-order chi connectivity index (χ0) is 27.6. The minimum atomic E-state index is -0.894. The highest BCUT2D eigenvalue weighted by molar-refractivity contribution is 6.43. The number of halogens is 2. The molecule has 0 spiro atoms. The molecule has 2 aromatic carbocycles. The molecule has 9 nitrogen and oxygen atoms in total. The van der Waals surface area contributed by atoms with Crippen LogP contribution in [0.5, 0.6) is 5.75 Å². The molecule has 0 radical (unpaired) electrons. The molecule has 11 heteroatoms. The smallest absolute Gasteiger partial charge is 0.494 e. The average molecular weight is 578 g/mol. The first-order valence-corrected chi connectivity index (χ1v) is 14.0. The molecule has 4 rings (SSSR count). The summed E-state index contributed by atoms with van der Waals surface area (Å²) in [5, 5.41) is 2.03. The Morgan fingerprint density at radius 1 is 1.03 bits per heavy atom. The molecule has 1 aromatic heterocycles. The molecular formula is C28H34Cl2N4O5. The predicted octanol–water partition coefficient (Wildman–Crippen LogP) is 5.31. The van der Waals surface area contributed by atoms with E-state index in [9.17, 15) is 9.59 Å². The Bertz CT molecular complexity index is 1310. The van der Waals surface area contributed by atoms with Gasteiger partial charge in [0.1, 0.15) is 5.75 Å². The van der Waals surface area contributed by atoms with E-state index in [1.165, 1.54) is 10.6 Å². The monoisotopic (exact) mass is 576 g/mol. The van der Waals surface area contributed by atoms with Crippen molar-refractivity contribution in [3.63, 3.8) is 0 Å². The molecule has 1 aliphatic heterocycles. The SMILES string of the molecule is CCCNOC(=O)OCn1c(=O)ccc2ccc(OCCCCN3CCN(c4cccc(Cl)c4Cl)CC3)cc21. The molecule has 210 valence electrons. The van der Waals surface area contributed by atoms with Crippen molar-refractivity contribution in [2.24, 2.45) is 0 Å². The molecule has 0 atom stereocenters. The second-order valence-corrected chi connectivity index (χ2v) is 10.1. The molecule has 2 heterocycles. The Labute approximate surface area is 238 Å². The number of fused-ring (bicyclic) bond motifs is 1. The number of carbonyl (C=O) groups is 1. The maximum atomic E-state index is 12.5. The van der Waals surface area contributed by atoms with Gasteiger partial charge in [0.05, 0.1) is 27.9 Å². The molecule has 0 bridgehead atoms. The number of hydrogen-bond acceptors (Lipinski definition) is 8. The number of piperazine rings is 1. The zero-order valence-corrected chi connectivity index (χ0v) is 23.5. The molecule has 39 heavy (non-hydrogen) atoms. The fraction of sp³-hybridized carbons (Fsp3) is 0.429. The third-order valence-corrected chi connectivity index (χ3v) is 7.37. The van der Waals surface area contributed by atoms with Crippen molar-refractivity contribution < 1.29 is 19.1 Å². The van der Waals surface area contributed by atoms with Crippen LogP contribution in [0.1, 0.15) is 26.2 Å². The summed E-state index contributed by atoms with van der Waals surface area (Å²) in [6, 6.07) is 14.5. The first-order valence-electron chi connectivity index (χ1n) is 13.2. The van der Waals surface area contributed by atoms with Crippen LogP contribution < -0.4 is 20.7 Å². The van der Waals surface area contributed by atoms with E-state index in [1.54, 1.807) is 12.1 Å². The van der Waals surface area contributed by atoms with Gasteiger partial charge < -0.3 is 19.2 Å². The Morgan fingerprint density at radius 3 is 2.62 bits per heavy atom. The Morgan fingerprint density at radius 2 is 1.82 bits per heavy atom. The Kier molecular flexibility index (Phi) is 10.7. The Hall–Kier alpha value is -2.98. The van der Waals surface area contributed by atoms with Crippen LogP contribution in [-0.4, -0.2) is 61.5 Å². The van der Waals surface area contributed by atoms with Crippen LogP contribution in [0.3, 0.4) is 0 Å². The minimum absolute atomic E-state index is 0.261. The van der Waals surface area contributed by atoms with Gasteiger partial charge in [-0.05, 0) is 61.5 Å². The van der Waals surface area contributed by atoms with Gasteiger partial charge in [0.15, 0.2) is 6.73 Å². The van der Waals surface area contributed by atoms with Gasteiger partial charge >= 0.3 is 6.16 Å². The summed E-state index contributed by atoms with van der Waals surface area (Å²) in [6.45, 7) is 7.51. The lowest BCUT2D eigenvalue weighted by molar-refractivity contribution is 0.000535. The molecule has 0 unspecified atom stereocenters. The number of carbonyl (C=O) groups excluding carboxylic acids is 1. The van der Waals surface area contributed by atoms with E-state index in [4.69, 9.17) is 37.5 Å². The van der Waals surface area contributed by atoms with E-state index in [2.05, 4.69) is 15.3 Å². The van der Waals surface area contributed by atoms with Crippen molar-refractivity contribution in [1.82, 2.24) is 14.9 Å². The molecular weight excluding hydrogens is 543 g/mol. The fourth-order valence-corrected chi connectivity index (χ4v) is 4.84. The van der Waals surface area contributed by atoms with Crippen molar-refractivity contribution in [2.45, 2.75) is 32.9 Å². The summed E-state index contributed by atoms with van der Waals surface area (Å²) in [5.41, 5.74) is 3.83. The van der Waals surface area contributed by atoms with Gasteiger partial charge in [0.25, 0.3) is 5.56 Å². The zero-order valence-electron chi connectivity index (χ0n) is 22.0. The molecule has 0 aliphatic carbocycles. The highest BCUT2D eigenvalue weighted by Crippen LogP contribution is 2.32. The number of aromatic nitrogens is 1. The number of unbranched alkanes of at least 4 members (excludes halogenated alkanes) is 1. The van der Waals surface area contributed by atoms with E-state index in [0.29, 0.717) is 34.5 Å². The van der Waals surface area contributed by atoms with Crippen LogP contribution in [0.15, 0.2) is 53.3 Å². The first kappa shape index (κ1) is 29.0. The van der Waals surface area contributed by atoms with E-state index in [0.717, 1.165) is 63.1 Å².